The predicted octanol–water partition coefficient (Wildman–Crippen LogP) is 2.16. The molecule has 0 saturated heterocycles. The maximum Gasteiger partial charge on any atom is 0.313 e. The highest BCUT2D eigenvalue weighted by Gasteiger charge is 2.16. The molecule has 0 heterocycles. The molecule has 0 N–H and O–H groups in total. The van der Waals surface area contributed by atoms with E-state index >= 15 is 0 Å². The number of carbonyl (C=O) groups excluding carboxylic acids is 2. The van der Waals surface area contributed by atoms with Gasteiger partial charge in [0.25, 0.3) is 0 Å². The van der Waals surface area contributed by atoms with Crippen molar-refractivity contribution in [2.75, 3.05) is 44.3 Å². The largest absolute Gasteiger partial charge is 0.459 e. The van der Waals surface area contributed by atoms with E-state index in [2.05, 4.69) is 0 Å². The summed E-state index contributed by atoms with van der Waals surface area (Å²) in [6, 6.07) is 0. The zero-order chi connectivity index (χ0) is 16.8. The average Bonchev–Trinajstić information content (AvgIpc) is 2.44. The van der Waals surface area contributed by atoms with Gasteiger partial charge in [-0.3, -0.25) is 9.59 Å². The van der Waals surface area contributed by atoms with Gasteiger partial charge in [0, 0.05) is 18.6 Å². The van der Waals surface area contributed by atoms with Gasteiger partial charge in [-0.05, 0) is 19.4 Å². The Kier molecular flexibility index (Phi) is 14.8. The van der Waals surface area contributed by atoms with Gasteiger partial charge in [0.1, 0.15) is 18.3 Å². The van der Waals surface area contributed by atoms with E-state index in [1.807, 2.05) is 12.5 Å². The molecule has 0 fully saturated rings. The summed E-state index contributed by atoms with van der Waals surface area (Å²) in [6.07, 6.45) is 3.39. The highest BCUT2D eigenvalue weighted by atomic mass is 32.2. The number of esters is 1. The normalized spacial score (nSPS) is 14.2. The number of thioether (sulfide) groups is 2. The second kappa shape index (κ2) is 14.7. The molecular formula is C13H25O6PS2. The van der Waals surface area contributed by atoms with E-state index in [9.17, 15) is 9.59 Å². The highest BCUT2D eigenvalue weighted by Crippen LogP contribution is 2.17. The van der Waals surface area contributed by atoms with Gasteiger partial charge in [-0.1, -0.05) is 0 Å². The Labute approximate surface area is 142 Å². The smallest absolute Gasteiger partial charge is 0.313 e. The Morgan fingerprint density at radius 1 is 1.05 bits per heavy atom. The van der Waals surface area contributed by atoms with Gasteiger partial charge in [-0.15, -0.1) is 0 Å². The fourth-order valence-electron chi connectivity index (χ4n) is 1.40. The van der Waals surface area contributed by atoms with Crippen molar-refractivity contribution in [2.24, 2.45) is 0 Å². The van der Waals surface area contributed by atoms with Gasteiger partial charge in [-0.25, -0.2) is 0 Å². The molecule has 0 aliphatic heterocycles. The van der Waals surface area contributed by atoms with Crippen LogP contribution < -0.4 is 0 Å². The zero-order valence-electron chi connectivity index (χ0n) is 13.5. The van der Waals surface area contributed by atoms with E-state index < -0.39 is 5.97 Å². The van der Waals surface area contributed by atoms with Crippen molar-refractivity contribution in [3.8, 4) is 0 Å². The van der Waals surface area contributed by atoms with Gasteiger partial charge < -0.3 is 18.5 Å². The molecule has 0 bridgehead atoms. The molecule has 0 rings (SSSR count). The number of hydrogen-bond donors (Lipinski definition) is 0. The number of ether oxygens (including phenoxy) is 2. The second-order valence-corrected chi connectivity index (χ2v) is 7.03. The van der Waals surface area contributed by atoms with Crippen molar-refractivity contribution in [3.05, 3.63) is 0 Å². The van der Waals surface area contributed by atoms with E-state index in [-0.39, 0.29) is 40.1 Å². The number of rotatable bonds is 14. The van der Waals surface area contributed by atoms with Crippen molar-refractivity contribution in [1.29, 1.82) is 0 Å². The fourth-order valence-corrected chi connectivity index (χ4v) is 3.13. The number of hydrogen-bond acceptors (Lipinski definition) is 8. The summed E-state index contributed by atoms with van der Waals surface area (Å²) >= 11 is 3.24. The van der Waals surface area contributed by atoms with Crippen LogP contribution in [-0.4, -0.2) is 68.3 Å². The Morgan fingerprint density at radius 2 is 1.59 bits per heavy atom. The first kappa shape index (κ1) is 22.1. The summed E-state index contributed by atoms with van der Waals surface area (Å²) in [4.78, 5) is 22.3. The lowest BCUT2D eigenvalue weighted by molar-refractivity contribution is -0.150. The fraction of sp³-hybridized carbons (Fsp3) is 0.846. The molecule has 3 unspecified atom stereocenters. The van der Waals surface area contributed by atoms with Gasteiger partial charge in [0.05, 0.1) is 19.3 Å². The molecule has 22 heavy (non-hydrogen) atoms. The van der Waals surface area contributed by atoms with Crippen LogP contribution in [0, 0.1) is 0 Å². The van der Waals surface area contributed by atoms with Crippen molar-refractivity contribution in [1.82, 2.24) is 0 Å². The molecule has 3 atom stereocenters. The van der Waals surface area contributed by atoms with Crippen molar-refractivity contribution < 1.29 is 28.1 Å². The maximum atomic E-state index is 11.5. The van der Waals surface area contributed by atoms with Crippen molar-refractivity contribution in [3.63, 3.8) is 0 Å². The summed E-state index contributed by atoms with van der Waals surface area (Å²) in [5, 5.41) is 0. The molecule has 0 aliphatic carbocycles. The molecule has 0 amide bonds. The van der Waals surface area contributed by atoms with Crippen molar-refractivity contribution >= 4 is 44.3 Å². The van der Waals surface area contributed by atoms with Crippen LogP contribution >= 0.6 is 32.6 Å². The molecule has 0 aromatic rings. The summed E-state index contributed by atoms with van der Waals surface area (Å²) in [5.74, 6) is 0.747. The second-order valence-electron chi connectivity index (χ2n) is 4.46. The van der Waals surface area contributed by atoms with Gasteiger partial charge in [0.2, 0.25) is 0 Å². The standard InChI is InChI=1S/C13H25O6PS2/c1-10(14)5-13(15)19-12(9-22-4)7-18-20-17-6-11(16-2)8-21-3/h11-12,20H,5-9H2,1-4H3. The molecule has 0 spiro atoms. The van der Waals surface area contributed by atoms with Crippen LogP contribution in [-0.2, 0) is 28.1 Å². The number of ketones is 1. The Balaban J connectivity index is 3.90. The quantitative estimate of drug-likeness (QED) is 0.199. The lowest BCUT2D eigenvalue weighted by Crippen LogP contribution is -2.26. The third-order valence-electron chi connectivity index (χ3n) is 2.39. The molecule has 0 aliphatic rings. The predicted molar refractivity (Wildman–Crippen MR) is 93.0 cm³/mol. The Bertz CT molecular complexity index is 319. The third-order valence-corrected chi connectivity index (χ3v) is 4.37. The van der Waals surface area contributed by atoms with E-state index in [1.54, 1.807) is 30.6 Å². The highest BCUT2D eigenvalue weighted by molar-refractivity contribution is 7.98. The topological polar surface area (TPSA) is 71.1 Å². The molecule has 6 nitrogen and oxygen atoms in total. The van der Waals surface area contributed by atoms with E-state index in [1.165, 1.54) is 6.92 Å². The minimum Gasteiger partial charge on any atom is -0.459 e. The van der Waals surface area contributed by atoms with Crippen LogP contribution in [0.5, 0.6) is 0 Å². The van der Waals surface area contributed by atoms with Crippen LogP contribution in [0.1, 0.15) is 13.3 Å². The first-order chi connectivity index (χ1) is 10.5. The average molecular weight is 372 g/mol. The first-order valence-electron chi connectivity index (χ1n) is 6.71. The molecule has 0 aromatic heterocycles. The Hall–Kier alpha value is 0.150. The van der Waals surface area contributed by atoms with Crippen LogP contribution in [0.25, 0.3) is 0 Å². The molecule has 0 aromatic carbocycles. The van der Waals surface area contributed by atoms with Crippen molar-refractivity contribution in [2.45, 2.75) is 25.6 Å². The van der Waals surface area contributed by atoms with Gasteiger partial charge >= 0.3 is 5.97 Å². The van der Waals surface area contributed by atoms with E-state index in [0.717, 1.165) is 5.75 Å². The number of methoxy groups -OCH3 is 1. The first-order valence-corrected chi connectivity index (χ1v) is 10.3. The lowest BCUT2D eigenvalue weighted by Gasteiger charge is -2.17. The maximum absolute atomic E-state index is 11.5. The minimum absolute atomic E-state index is 0.0430. The third kappa shape index (κ3) is 12.7. The summed E-state index contributed by atoms with van der Waals surface area (Å²) < 4.78 is 21.2. The molecule has 0 radical (unpaired) electrons. The molecule has 130 valence electrons. The SMILES string of the molecule is COC(COPOCC(CSC)OC(=O)CC(C)=O)CSC. The van der Waals surface area contributed by atoms with Gasteiger partial charge in [-0.2, -0.15) is 23.5 Å². The molecular weight excluding hydrogens is 347 g/mol. The summed E-state index contributed by atoms with van der Waals surface area (Å²) in [6.45, 7) is 2.08. The van der Waals surface area contributed by atoms with E-state index in [4.69, 9.17) is 18.5 Å². The van der Waals surface area contributed by atoms with Crippen LogP contribution in [0.15, 0.2) is 0 Å². The Morgan fingerprint density at radius 3 is 2.09 bits per heavy atom. The molecule has 9 heteroatoms. The zero-order valence-corrected chi connectivity index (χ0v) is 16.1. The summed E-state index contributed by atoms with van der Waals surface area (Å²) in [5.41, 5.74) is 0. The monoisotopic (exact) mass is 372 g/mol. The number of carbonyl (C=O) groups is 2. The van der Waals surface area contributed by atoms with Gasteiger partial charge in [0.15, 0.2) is 9.03 Å². The molecule has 0 saturated carbocycles. The minimum atomic E-state index is -0.515. The van der Waals surface area contributed by atoms with Crippen LogP contribution in [0.4, 0.5) is 0 Å². The lowest BCUT2D eigenvalue weighted by atomic mass is 10.3. The van der Waals surface area contributed by atoms with Crippen LogP contribution in [0.3, 0.4) is 0 Å². The van der Waals surface area contributed by atoms with Crippen LogP contribution in [0.2, 0.25) is 0 Å². The number of Topliss-reactive ketones (excluding diaryl/α,β-unsaturated/α-hetero) is 1. The van der Waals surface area contributed by atoms with E-state index in [0.29, 0.717) is 12.4 Å². The summed E-state index contributed by atoms with van der Waals surface area (Å²) in [7, 11) is 1.52.